The molecule has 1 fully saturated rings. The number of carbonyl (C=O) groups excluding carboxylic acids is 2. The number of likely N-dealkylation sites (tertiary alicyclic amines) is 1. The summed E-state index contributed by atoms with van der Waals surface area (Å²) in [5.74, 6) is 0.275. The van der Waals surface area contributed by atoms with E-state index in [1.807, 2.05) is 65.8 Å². The monoisotopic (exact) mass is 675 g/mol. The van der Waals surface area contributed by atoms with Crippen molar-refractivity contribution in [1.82, 2.24) is 4.90 Å². The van der Waals surface area contributed by atoms with Crippen LogP contribution in [0.1, 0.15) is 84.2 Å². The number of amides is 1. The van der Waals surface area contributed by atoms with Gasteiger partial charge in [-0.05, 0) is 81.1 Å². The minimum atomic E-state index is -2.86. The van der Waals surface area contributed by atoms with Crippen molar-refractivity contribution in [2.45, 2.75) is 104 Å². The number of hydrogen-bond donors (Lipinski definition) is 0. The largest absolute Gasteiger partial charge is 0.492 e. The molecule has 48 heavy (non-hydrogen) atoms. The Morgan fingerprint density at radius 3 is 1.96 bits per heavy atom. The number of aryl methyl sites for hydroxylation is 1. The van der Waals surface area contributed by atoms with Crippen LogP contribution in [0.25, 0.3) is 0 Å². The second kappa shape index (κ2) is 15.2. The van der Waals surface area contributed by atoms with E-state index >= 15 is 0 Å². The van der Waals surface area contributed by atoms with Crippen molar-refractivity contribution in [1.29, 1.82) is 0 Å². The van der Waals surface area contributed by atoms with Gasteiger partial charge in [0.1, 0.15) is 22.7 Å². The third-order valence-corrected chi connectivity index (χ3v) is 13.5. The Labute approximate surface area is 287 Å². The Hall–Kier alpha value is -3.82. The molecule has 260 valence electrons. The molecule has 0 aliphatic carbocycles. The minimum Gasteiger partial charge on any atom is -0.492 e. The van der Waals surface area contributed by atoms with E-state index in [0.717, 1.165) is 5.56 Å². The van der Waals surface area contributed by atoms with Gasteiger partial charge in [0.05, 0.1) is 25.9 Å². The molecule has 1 heterocycles. The topological polar surface area (TPSA) is 83.5 Å². The molecule has 3 aromatic rings. The number of nitrogens with zero attached hydrogens (tertiary/aromatic N) is 1. The van der Waals surface area contributed by atoms with Crippen LogP contribution in [0.4, 0.5) is 4.79 Å². The number of methoxy groups -OCH3 is 1. The summed E-state index contributed by atoms with van der Waals surface area (Å²) in [7, 11) is -1.52. The Balaban J connectivity index is 1.66. The molecule has 0 bridgehead atoms. The van der Waals surface area contributed by atoms with Crippen LogP contribution in [-0.4, -0.2) is 69.4 Å². The summed E-state index contributed by atoms with van der Waals surface area (Å²) in [6, 6.07) is 24.5. The van der Waals surface area contributed by atoms with Crippen molar-refractivity contribution in [3.8, 4) is 11.5 Å². The van der Waals surface area contributed by atoms with Crippen LogP contribution in [0.5, 0.6) is 11.5 Å². The molecule has 0 N–H and O–H groups in total. The Bertz CT molecular complexity index is 1490. The second-order valence-electron chi connectivity index (χ2n) is 14.9. The first-order chi connectivity index (χ1) is 22.6. The SMILES string of the molecule is COC(=O)c1c(OCC[C@H]2C[C@H](O[Si](c3ccccc3)(c3ccccc3)C(C)(C)C)CN2C(=O)OC(C)(C)C)cc(C)cc1OC(C)C. The lowest BCUT2D eigenvalue weighted by Crippen LogP contribution is -2.67. The highest BCUT2D eigenvalue weighted by atomic mass is 28.4. The van der Waals surface area contributed by atoms with Crippen LogP contribution in [-0.2, 0) is 13.9 Å². The van der Waals surface area contributed by atoms with Crippen LogP contribution in [0.3, 0.4) is 0 Å². The summed E-state index contributed by atoms with van der Waals surface area (Å²) in [4.78, 5) is 28.3. The Morgan fingerprint density at radius 2 is 1.46 bits per heavy atom. The average Bonchev–Trinajstić information content (AvgIpc) is 3.41. The number of rotatable bonds is 11. The van der Waals surface area contributed by atoms with Gasteiger partial charge in [-0.2, -0.15) is 0 Å². The molecule has 0 spiro atoms. The van der Waals surface area contributed by atoms with Crippen LogP contribution in [0.15, 0.2) is 72.8 Å². The molecule has 8 nitrogen and oxygen atoms in total. The fourth-order valence-electron chi connectivity index (χ4n) is 6.51. The zero-order chi connectivity index (χ0) is 35.3. The number of benzene rings is 3. The predicted molar refractivity (Wildman–Crippen MR) is 192 cm³/mol. The van der Waals surface area contributed by atoms with Gasteiger partial charge in [0.15, 0.2) is 0 Å². The molecule has 2 atom stereocenters. The van der Waals surface area contributed by atoms with Crippen molar-refractivity contribution in [3.63, 3.8) is 0 Å². The number of hydrogen-bond acceptors (Lipinski definition) is 7. The van der Waals surface area contributed by atoms with E-state index in [2.05, 4.69) is 69.3 Å². The highest BCUT2D eigenvalue weighted by Crippen LogP contribution is 2.40. The van der Waals surface area contributed by atoms with Gasteiger partial charge in [0, 0.05) is 19.0 Å². The molecule has 0 radical (unpaired) electrons. The number of ether oxygens (including phenoxy) is 4. The number of esters is 1. The van der Waals surface area contributed by atoms with Crippen molar-refractivity contribution in [2.75, 3.05) is 20.3 Å². The first kappa shape index (κ1) is 37.0. The zero-order valence-electron chi connectivity index (χ0n) is 30.3. The van der Waals surface area contributed by atoms with Gasteiger partial charge in [-0.3, -0.25) is 0 Å². The fraction of sp³-hybridized carbons (Fsp3) is 0.487. The second-order valence-corrected chi connectivity index (χ2v) is 19.1. The standard InChI is InChI=1S/C39H53NO7Si/c1-27(2)45-34-24-28(3)23-33(35(34)36(41)43-10)44-22-21-29-25-30(26-40(29)37(42)46-38(4,5)6)47-48(39(7,8)9,31-17-13-11-14-18-31)32-19-15-12-16-20-32/h11-20,23-24,27,29-30H,21-22,25-26H2,1-10H3/t29-,30-/m0/s1. The van der Waals surface area contributed by atoms with Gasteiger partial charge in [-0.25, -0.2) is 9.59 Å². The van der Waals surface area contributed by atoms with E-state index in [4.69, 9.17) is 23.4 Å². The molecule has 3 aromatic carbocycles. The normalized spacial score (nSPS) is 16.9. The smallest absolute Gasteiger partial charge is 0.410 e. The molecule has 1 saturated heterocycles. The first-order valence-corrected chi connectivity index (χ1v) is 18.8. The van der Waals surface area contributed by atoms with Gasteiger partial charge < -0.3 is 28.3 Å². The lowest BCUT2D eigenvalue weighted by molar-refractivity contribution is 0.0197. The summed E-state index contributed by atoms with van der Waals surface area (Å²) in [6.45, 7) is 18.8. The Kier molecular flexibility index (Phi) is 11.7. The molecule has 0 saturated carbocycles. The molecule has 9 heteroatoms. The van der Waals surface area contributed by atoms with E-state index < -0.39 is 19.9 Å². The highest BCUT2D eigenvalue weighted by Gasteiger charge is 2.53. The summed E-state index contributed by atoms with van der Waals surface area (Å²) in [5, 5.41) is 2.17. The van der Waals surface area contributed by atoms with E-state index in [1.54, 1.807) is 4.90 Å². The number of carbonyl (C=O) groups is 2. The molecule has 4 rings (SSSR count). The fourth-order valence-corrected chi connectivity index (χ4v) is 11.2. The third kappa shape index (κ3) is 8.60. The summed E-state index contributed by atoms with van der Waals surface area (Å²) >= 11 is 0. The molecular formula is C39H53NO7Si. The molecule has 1 amide bonds. The van der Waals surface area contributed by atoms with Crippen LogP contribution >= 0.6 is 0 Å². The average molecular weight is 676 g/mol. The maximum absolute atomic E-state index is 13.7. The van der Waals surface area contributed by atoms with Gasteiger partial charge in [0.2, 0.25) is 0 Å². The lowest BCUT2D eigenvalue weighted by Gasteiger charge is -2.44. The third-order valence-electron chi connectivity index (χ3n) is 8.44. The summed E-state index contributed by atoms with van der Waals surface area (Å²) < 4.78 is 30.7. The maximum Gasteiger partial charge on any atom is 0.410 e. The maximum atomic E-state index is 13.7. The van der Waals surface area contributed by atoms with Crippen molar-refractivity contribution in [3.05, 3.63) is 83.9 Å². The minimum absolute atomic E-state index is 0.142. The zero-order valence-corrected chi connectivity index (χ0v) is 31.3. The van der Waals surface area contributed by atoms with Crippen LogP contribution in [0, 0.1) is 6.92 Å². The van der Waals surface area contributed by atoms with Crippen LogP contribution < -0.4 is 19.8 Å². The molecule has 0 unspecified atom stereocenters. The lowest BCUT2D eigenvalue weighted by atomic mass is 10.1. The van der Waals surface area contributed by atoms with E-state index in [-0.39, 0.29) is 41.6 Å². The quantitative estimate of drug-likeness (QED) is 0.156. The molecular weight excluding hydrogens is 623 g/mol. The predicted octanol–water partition coefficient (Wildman–Crippen LogP) is 7.29. The van der Waals surface area contributed by atoms with Gasteiger partial charge in [-0.1, -0.05) is 81.4 Å². The van der Waals surface area contributed by atoms with Crippen molar-refractivity contribution < 1.29 is 33.0 Å². The van der Waals surface area contributed by atoms with E-state index in [1.165, 1.54) is 17.5 Å². The van der Waals surface area contributed by atoms with E-state index in [9.17, 15) is 9.59 Å². The highest BCUT2D eigenvalue weighted by molar-refractivity contribution is 6.99. The molecule has 1 aliphatic rings. The van der Waals surface area contributed by atoms with Gasteiger partial charge >= 0.3 is 12.1 Å². The summed E-state index contributed by atoms with van der Waals surface area (Å²) in [6.07, 6.45) is 0.377. The van der Waals surface area contributed by atoms with E-state index in [0.29, 0.717) is 30.9 Å². The Morgan fingerprint density at radius 1 is 0.896 bits per heavy atom. The van der Waals surface area contributed by atoms with Gasteiger partial charge in [-0.15, -0.1) is 0 Å². The van der Waals surface area contributed by atoms with Crippen molar-refractivity contribution in [2.24, 2.45) is 0 Å². The summed E-state index contributed by atoms with van der Waals surface area (Å²) in [5.41, 5.74) is 0.488. The first-order valence-electron chi connectivity index (χ1n) is 16.9. The molecule has 0 aromatic heterocycles. The molecule has 1 aliphatic heterocycles. The van der Waals surface area contributed by atoms with Crippen molar-refractivity contribution >= 4 is 30.8 Å². The van der Waals surface area contributed by atoms with Crippen LogP contribution in [0.2, 0.25) is 5.04 Å². The van der Waals surface area contributed by atoms with Gasteiger partial charge in [0.25, 0.3) is 8.32 Å².